The number of carbonyl (C=O) groups is 2. The van der Waals surface area contributed by atoms with Gasteiger partial charge in [-0.1, -0.05) is 23.7 Å². The van der Waals surface area contributed by atoms with Crippen LogP contribution in [0.1, 0.15) is 25.8 Å². The molecular formula is C17H24ClN3O2. The summed E-state index contributed by atoms with van der Waals surface area (Å²) in [4.78, 5) is 28.2. The van der Waals surface area contributed by atoms with E-state index in [2.05, 4.69) is 0 Å². The Kier molecular flexibility index (Phi) is 6.02. The molecule has 1 saturated heterocycles. The van der Waals surface area contributed by atoms with E-state index >= 15 is 0 Å². The Morgan fingerprint density at radius 3 is 2.70 bits per heavy atom. The van der Waals surface area contributed by atoms with Gasteiger partial charge in [0.15, 0.2) is 0 Å². The van der Waals surface area contributed by atoms with Crippen molar-refractivity contribution in [3.63, 3.8) is 0 Å². The Hall–Kier alpha value is -1.59. The summed E-state index contributed by atoms with van der Waals surface area (Å²) in [5.41, 5.74) is 6.59. The molecule has 1 heterocycles. The van der Waals surface area contributed by atoms with Gasteiger partial charge < -0.3 is 15.5 Å². The van der Waals surface area contributed by atoms with Crippen LogP contribution in [0.15, 0.2) is 24.3 Å². The highest BCUT2D eigenvalue weighted by molar-refractivity contribution is 6.30. The van der Waals surface area contributed by atoms with Crippen LogP contribution in [0.2, 0.25) is 5.02 Å². The van der Waals surface area contributed by atoms with Crippen LogP contribution in [-0.4, -0.2) is 53.3 Å². The van der Waals surface area contributed by atoms with Crippen molar-refractivity contribution in [3.05, 3.63) is 34.9 Å². The number of hydrogen-bond acceptors (Lipinski definition) is 3. The summed E-state index contributed by atoms with van der Waals surface area (Å²) in [5.74, 6) is 0.132. The minimum absolute atomic E-state index is 0.00691. The van der Waals surface area contributed by atoms with Crippen LogP contribution in [0.25, 0.3) is 0 Å². The summed E-state index contributed by atoms with van der Waals surface area (Å²) in [6, 6.07) is 7.22. The van der Waals surface area contributed by atoms with Gasteiger partial charge in [0.1, 0.15) is 0 Å². The zero-order valence-electron chi connectivity index (χ0n) is 13.7. The number of rotatable bonds is 4. The quantitative estimate of drug-likeness (QED) is 0.909. The first-order chi connectivity index (χ1) is 10.9. The van der Waals surface area contributed by atoms with Crippen molar-refractivity contribution in [2.75, 3.05) is 19.6 Å². The number of piperazine rings is 1. The molecule has 2 amide bonds. The van der Waals surface area contributed by atoms with E-state index in [4.69, 9.17) is 17.3 Å². The maximum atomic E-state index is 12.5. The number of carbonyl (C=O) groups excluding carboxylic acids is 2. The molecule has 2 rings (SSSR count). The van der Waals surface area contributed by atoms with Crippen molar-refractivity contribution < 1.29 is 9.59 Å². The highest BCUT2D eigenvalue weighted by atomic mass is 35.5. The van der Waals surface area contributed by atoms with Crippen molar-refractivity contribution in [2.24, 2.45) is 5.73 Å². The summed E-state index contributed by atoms with van der Waals surface area (Å²) >= 11 is 5.96. The SMILES string of the molecule is CC(N)CC(=O)N1CCN(C(=O)Cc2cccc(Cl)c2)C(C)C1. The smallest absolute Gasteiger partial charge is 0.227 e. The molecule has 5 nitrogen and oxygen atoms in total. The first kappa shape index (κ1) is 17.8. The van der Waals surface area contributed by atoms with E-state index in [1.807, 2.05) is 36.9 Å². The van der Waals surface area contributed by atoms with Crippen LogP contribution in [-0.2, 0) is 16.0 Å². The van der Waals surface area contributed by atoms with Gasteiger partial charge in [0.25, 0.3) is 0 Å². The monoisotopic (exact) mass is 337 g/mol. The molecule has 23 heavy (non-hydrogen) atoms. The van der Waals surface area contributed by atoms with Gasteiger partial charge in [-0.15, -0.1) is 0 Å². The fourth-order valence-corrected chi connectivity index (χ4v) is 3.10. The van der Waals surface area contributed by atoms with Crippen molar-refractivity contribution in [2.45, 2.75) is 38.8 Å². The highest BCUT2D eigenvalue weighted by Crippen LogP contribution is 2.15. The zero-order valence-corrected chi connectivity index (χ0v) is 14.4. The third-order valence-electron chi connectivity index (χ3n) is 4.04. The Balaban J connectivity index is 1.92. The van der Waals surface area contributed by atoms with E-state index in [1.54, 1.807) is 11.0 Å². The standard InChI is InChI=1S/C17H24ClN3O2/c1-12(19)8-16(22)20-6-7-21(13(2)11-20)17(23)10-14-4-3-5-15(18)9-14/h3-5,9,12-13H,6-8,10-11,19H2,1-2H3. The summed E-state index contributed by atoms with van der Waals surface area (Å²) in [6.45, 7) is 5.49. The van der Waals surface area contributed by atoms with Gasteiger partial charge in [-0.25, -0.2) is 0 Å². The molecule has 1 fully saturated rings. The Labute approximate surface area is 142 Å². The van der Waals surface area contributed by atoms with Gasteiger partial charge >= 0.3 is 0 Å². The minimum atomic E-state index is -0.139. The lowest BCUT2D eigenvalue weighted by molar-refractivity contribution is -0.142. The van der Waals surface area contributed by atoms with E-state index in [0.717, 1.165) is 5.56 Å². The Bertz CT molecular complexity index is 577. The second-order valence-corrected chi connectivity index (χ2v) is 6.70. The number of nitrogens with zero attached hydrogens (tertiary/aromatic N) is 2. The number of amides is 2. The van der Waals surface area contributed by atoms with Gasteiger partial charge in [0, 0.05) is 43.2 Å². The summed E-state index contributed by atoms with van der Waals surface area (Å²) in [7, 11) is 0. The Morgan fingerprint density at radius 1 is 1.35 bits per heavy atom. The maximum absolute atomic E-state index is 12.5. The van der Waals surface area contributed by atoms with Crippen LogP contribution in [0, 0.1) is 0 Å². The molecule has 2 N–H and O–H groups in total. The van der Waals surface area contributed by atoms with Gasteiger partial charge in [0.05, 0.1) is 6.42 Å². The molecule has 0 saturated carbocycles. The van der Waals surface area contributed by atoms with E-state index < -0.39 is 0 Å². The lowest BCUT2D eigenvalue weighted by Crippen LogP contribution is -2.56. The lowest BCUT2D eigenvalue weighted by Gasteiger charge is -2.40. The first-order valence-electron chi connectivity index (χ1n) is 7.94. The molecular weight excluding hydrogens is 314 g/mol. The molecule has 6 heteroatoms. The third-order valence-corrected chi connectivity index (χ3v) is 4.28. The number of halogens is 1. The van der Waals surface area contributed by atoms with Crippen LogP contribution >= 0.6 is 11.6 Å². The molecule has 2 unspecified atom stereocenters. The molecule has 0 aliphatic carbocycles. The number of hydrogen-bond donors (Lipinski definition) is 1. The van der Waals surface area contributed by atoms with Crippen LogP contribution in [0.4, 0.5) is 0 Å². The normalized spacial score (nSPS) is 19.6. The Morgan fingerprint density at radius 2 is 2.09 bits per heavy atom. The predicted octanol–water partition coefficient (Wildman–Crippen LogP) is 1.68. The van der Waals surface area contributed by atoms with Gasteiger partial charge in [0.2, 0.25) is 11.8 Å². The third kappa shape index (κ3) is 4.94. The minimum Gasteiger partial charge on any atom is -0.339 e. The number of benzene rings is 1. The average Bonchev–Trinajstić information content (AvgIpc) is 2.46. The van der Waals surface area contributed by atoms with Crippen molar-refractivity contribution in [3.8, 4) is 0 Å². The molecule has 0 radical (unpaired) electrons. The van der Waals surface area contributed by atoms with Crippen molar-refractivity contribution in [1.82, 2.24) is 9.80 Å². The molecule has 1 aromatic carbocycles. The van der Waals surface area contributed by atoms with E-state index in [1.165, 1.54) is 0 Å². The van der Waals surface area contributed by atoms with Crippen LogP contribution in [0.5, 0.6) is 0 Å². The number of nitrogens with two attached hydrogens (primary N) is 1. The lowest BCUT2D eigenvalue weighted by atomic mass is 10.1. The topological polar surface area (TPSA) is 66.6 Å². The molecule has 1 aliphatic rings. The van der Waals surface area contributed by atoms with Crippen LogP contribution < -0.4 is 5.73 Å². The van der Waals surface area contributed by atoms with E-state index in [0.29, 0.717) is 37.5 Å². The fraction of sp³-hybridized carbons (Fsp3) is 0.529. The van der Waals surface area contributed by atoms with E-state index in [9.17, 15) is 9.59 Å². The summed E-state index contributed by atoms with van der Waals surface area (Å²) in [6.07, 6.45) is 0.682. The second-order valence-electron chi connectivity index (χ2n) is 6.26. The van der Waals surface area contributed by atoms with Crippen molar-refractivity contribution >= 4 is 23.4 Å². The molecule has 0 bridgehead atoms. The van der Waals surface area contributed by atoms with Gasteiger partial charge in [-0.3, -0.25) is 9.59 Å². The summed E-state index contributed by atoms with van der Waals surface area (Å²) < 4.78 is 0. The average molecular weight is 338 g/mol. The van der Waals surface area contributed by atoms with Gasteiger partial charge in [-0.2, -0.15) is 0 Å². The molecule has 1 aliphatic heterocycles. The fourth-order valence-electron chi connectivity index (χ4n) is 2.88. The molecule has 1 aromatic rings. The molecule has 126 valence electrons. The van der Waals surface area contributed by atoms with Crippen LogP contribution in [0.3, 0.4) is 0 Å². The van der Waals surface area contributed by atoms with E-state index in [-0.39, 0.29) is 23.9 Å². The first-order valence-corrected chi connectivity index (χ1v) is 8.32. The maximum Gasteiger partial charge on any atom is 0.227 e. The molecule has 0 aromatic heterocycles. The summed E-state index contributed by atoms with van der Waals surface area (Å²) in [5, 5.41) is 0.634. The van der Waals surface area contributed by atoms with Gasteiger partial charge in [-0.05, 0) is 31.5 Å². The zero-order chi connectivity index (χ0) is 17.0. The second kappa shape index (κ2) is 7.79. The van der Waals surface area contributed by atoms with Crippen molar-refractivity contribution in [1.29, 1.82) is 0 Å². The molecule has 2 atom stereocenters. The highest BCUT2D eigenvalue weighted by Gasteiger charge is 2.29. The molecule has 0 spiro atoms. The predicted molar refractivity (Wildman–Crippen MR) is 91.2 cm³/mol. The largest absolute Gasteiger partial charge is 0.339 e.